The van der Waals surface area contributed by atoms with Gasteiger partial charge in [0.2, 0.25) is 0 Å². The highest BCUT2D eigenvalue weighted by molar-refractivity contribution is 5.90. The van der Waals surface area contributed by atoms with E-state index < -0.39 is 0 Å². The zero-order chi connectivity index (χ0) is 15.2. The molecule has 0 unspecified atom stereocenters. The van der Waals surface area contributed by atoms with Crippen molar-refractivity contribution in [1.82, 2.24) is 0 Å². The number of carbonyl (C=O) groups excluding carboxylic acids is 1. The van der Waals surface area contributed by atoms with E-state index in [-0.39, 0.29) is 18.2 Å². The van der Waals surface area contributed by atoms with Gasteiger partial charge in [0, 0.05) is 13.2 Å². The average molecular weight is 294 g/mol. The molecule has 1 aliphatic rings. The Morgan fingerprint density at radius 3 is 2.05 bits per heavy atom. The third-order valence-corrected chi connectivity index (χ3v) is 3.79. The highest BCUT2D eigenvalue weighted by Gasteiger charge is 2.28. The Balaban J connectivity index is 2.12. The van der Waals surface area contributed by atoms with E-state index >= 15 is 0 Å². The molecule has 0 bridgehead atoms. The molecule has 1 fully saturated rings. The summed E-state index contributed by atoms with van der Waals surface area (Å²) in [5, 5.41) is 0. The minimum absolute atomic E-state index is 0.0183. The van der Waals surface area contributed by atoms with E-state index in [1.54, 1.807) is 39.5 Å². The molecule has 1 saturated carbocycles. The number of esters is 1. The predicted molar refractivity (Wildman–Crippen MR) is 78.0 cm³/mol. The molecule has 0 radical (unpaired) electrons. The molecule has 0 saturated heterocycles. The van der Waals surface area contributed by atoms with Gasteiger partial charge in [-0.05, 0) is 31.4 Å². The first-order chi connectivity index (χ1) is 10.2. The number of hydrogen-bond donors (Lipinski definition) is 0. The van der Waals surface area contributed by atoms with Crippen molar-refractivity contribution < 1.29 is 23.7 Å². The largest absolute Gasteiger partial charge is 0.497 e. The van der Waals surface area contributed by atoms with Crippen LogP contribution in [0, 0.1) is 0 Å². The maximum atomic E-state index is 12.3. The van der Waals surface area contributed by atoms with Crippen molar-refractivity contribution in [2.75, 3.05) is 21.3 Å². The molecule has 1 aliphatic carbocycles. The van der Waals surface area contributed by atoms with E-state index in [9.17, 15) is 4.79 Å². The molecule has 0 spiro atoms. The second-order valence-corrected chi connectivity index (χ2v) is 5.10. The summed E-state index contributed by atoms with van der Waals surface area (Å²) in [5.74, 6) is 0.752. The van der Waals surface area contributed by atoms with Crippen molar-refractivity contribution >= 4 is 5.97 Å². The van der Waals surface area contributed by atoms with Gasteiger partial charge in [-0.1, -0.05) is 6.42 Å². The normalized spacial score (nSPS) is 21.7. The first-order valence-electron chi connectivity index (χ1n) is 7.14. The Hall–Kier alpha value is -1.75. The summed E-state index contributed by atoms with van der Waals surface area (Å²) in [6, 6.07) is 5.01. The summed E-state index contributed by atoms with van der Waals surface area (Å²) in [4.78, 5) is 12.3. The van der Waals surface area contributed by atoms with Crippen LogP contribution in [0.15, 0.2) is 18.2 Å². The lowest BCUT2D eigenvalue weighted by Gasteiger charge is -2.29. The van der Waals surface area contributed by atoms with E-state index in [4.69, 9.17) is 18.9 Å². The highest BCUT2D eigenvalue weighted by atomic mass is 16.6. The van der Waals surface area contributed by atoms with Crippen LogP contribution in [0.3, 0.4) is 0 Å². The van der Waals surface area contributed by atoms with Gasteiger partial charge in [-0.2, -0.15) is 0 Å². The van der Waals surface area contributed by atoms with Crippen LogP contribution in [0.25, 0.3) is 0 Å². The minimum atomic E-state index is -0.374. The van der Waals surface area contributed by atoms with Gasteiger partial charge in [0.1, 0.15) is 17.6 Å². The smallest absolute Gasteiger partial charge is 0.338 e. The molecule has 5 heteroatoms. The zero-order valence-electron chi connectivity index (χ0n) is 12.8. The van der Waals surface area contributed by atoms with Crippen molar-refractivity contribution in [3.63, 3.8) is 0 Å². The zero-order valence-corrected chi connectivity index (χ0v) is 12.8. The van der Waals surface area contributed by atoms with Gasteiger partial charge in [0.25, 0.3) is 0 Å². The van der Waals surface area contributed by atoms with E-state index in [0.717, 1.165) is 25.7 Å². The second kappa shape index (κ2) is 7.31. The third-order valence-electron chi connectivity index (χ3n) is 3.79. The van der Waals surface area contributed by atoms with Crippen LogP contribution in [0.2, 0.25) is 0 Å². The summed E-state index contributed by atoms with van der Waals surface area (Å²) in [7, 11) is 4.75. The summed E-state index contributed by atoms with van der Waals surface area (Å²) in [6.07, 6.45) is 3.73. The molecule has 1 aromatic rings. The van der Waals surface area contributed by atoms with Gasteiger partial charge in [0.05, 0.1) is 25.9 Å². The lowest BCUT2D eigenvalue weighted by molar-refractivity contribution is -0.0539. The van der Waals surface area contributed by atoms with Crippen molar-refractivity contribution in [2.45, 2.75) is 37.9 Å². The second-order valence-electron chi connectivity index (χ2n) is 5.10. The maximum absolute atomic E-state index is 12.3. The molecule has 0 aromatic heterocycles. The quantitative estimate of drug-likeness (QED) is 0.782. The number of rotatable bonds is 5. The molecule has 0 heterocycles. The maximum Gasteiger partial charge on any atom is 0.338 e. The highest BCUT2D eigenvalue weighted by Crippen LogP contribution is 2.27. The molecular formula is C16H22O5. The number of methoxy groups -OCH3 is 3. The Morgan fingerprint density at radius 1 is 0.952 bits per heavy atom. The van der Waals surface area contributed by atoms with Crippen LogP contribution < -0.4 is 9.47 Å². The van der Waals surface area contributed by atoms with Crippen LogP contribution in [0.1, 0.15) is 36.0 Å². The van der Waals surface area contributed by atoms with Crippen LogP contribution in [-0.2, 0) is 9.47 Å². The fourth-order valence-electron chi connectivity index (χ4n) is 2.60. The molecule has 2 atom stereocenters. The summed E-state index contributed by atoms with van der Waals surface area (Å²) >= 11 is 0. The first-order valence-corrected chi connectivity index (χ1v) is 7.14. The SMILES string of the molecule is COc1cc(OC)cc(C(=O)O[C@@H]2CCCC[C@@H]2OC)c1. The van der Waals surface area contributed by atoms with E-state index in [2.05, 4.69) is 0 Å². The van der Waals surface area contributed by atoms with Crippen LogP contribution in [0.5, 0.6) is 11.5 Å². The number of benzene rings is 1. The molecule has 5 nitrogen and oxygen atoms in total. The predicted octanol–water partition coefficient (Wildman–Crippen LogP) is 2.82. The molecule has 0 aliphatic heterocycles. The van der Waals surface area contributed by atoms with Crippen molar-refractivity contribution in [3.05, 3.63) is 23.8 Å². The van der Waals surface area contributed by atoms with Gasteiger partial charge in [-0.3, -0.25) is 0 Å². The molecule has 116 valence electrons. The summed E-state index contributed by atoms with van der Waals surface area (Å²) in [6.45, 7) is 0. The molecule has 21 heavy (non-hydrogen) atoms. The Labute approximate surface area is 125 Å². The Bertz CT molecular complexity index is 463. The van der Waals surface area contributed by atoms with Crippen molar-refractivity contribution in [2.24, 2.45) is 0 Å². The fraction of sp³-hybridized carbons (Fsp3) is 0.562. The molecule has 1 aromatic carbocycles. The standard InChI is InChI=1S/C16H22O5/c1-18-12-8-11(9-13(10-12)19-2)16(17)21-15-7-5-4-6-14(15)20-3/h8-10,14-15H,4-7H2,1-3H3/t14-,15+/m0/s1. The first kappa shape index (κ1) is 15.6. The Kier molecular flexibility index (Phi) is 5.44. The minimum Gasteiger partial charge on any atom is -0.497 e. The molecule has 0 N–H and O–H groups in total. The van der Waals surface area contributed by atoms with E-state index in [0.29, 0.717) is 17.1 Å². The third kappa shape index (κ3) is 3.88. The van der Waals surface area contributed by atoms with E-state index in [1.165, 1.54) is 0 Å². The van der Waals surface area contributed by atoms with Gasteiger partial charge in [0.15, 0.2) is 0 Å². The van der Waals surface area contributed by atoms with Crippen LogP contribution in [-0.4, -0.2) is 39.5 Å². The average Bonchev–Trinajstić information content (AvgIpc) is 2.54. The van der Waals surface area contributed by atoms with Crippen molar-refractivity contribution in [1.29, 1.82) is 0 Å². The lowest BCUT2D eigenvalue weighted by atomic mass is 9.94. The molecular weight excluding hydrogens is 272 g/mol. The molecule has 0 amide bonds. The van der Waals surface area contributed by atoms with Gasteiger partial charge in [-0.15, -0.1) is 0 Å². The number of carbonyl (C=O) groups is 1. The summed E-state index contributed by atoms with van der Waals surface area (Å²) in [5.41, 5.74) is 0.423. The summed E-state index contributed by atoms with van der Waals surface area (Å²) < 4.78 is 21.3. The topological polar surface area (TPSA) is 54.0 Å². The van der Waals surface area contributed by atoms with Crippen LogP contribution in [0.4, 0.5) is 0 Å². The van der Waals surface area contributed by atoms with Crippen molar-refractivity contribution in [3.8, 4) is 11.5 Å². The van der Waals surface area contributed by atoms with Gasteiger partial charge < -0.3 is 18.9 Å². The number of hydrogen-bond acceptors (Lipinski definition) is 5. The molecule has 2 rings (SSSR count). The van der Waals surface area contributed by atoms with Crippen LogP contribution >= 0.6 is 0 Å². The van der Waals surface area contributed by atoms with Gasteiger partial charge >= 0.3 is 5.97 Å². The van der Waals surface area contributed by atoms with E-state index in [1.807, 2.05) is 0 Å². The fourth-order valence-corrected chi connectivity index (χ4v) is 2.60. The number of ether oxygens (including phenoxy) is 4. The lowest BCUT2D eigenvalue weighted by Crippen LogP contribution is -2.35. The Morgan fingerprint density at radius 2 is 1.52 bits per heavy atom. The van der Waals surface area contributed by atoms with Gasteiger partial charge in [-0.25, -0.2) is 4.79 Å². The monoisotopic (exact) mass is 294 g/mol.